The van der Waals surface area contributed by atoms with Gasteiger partial charge in [0.25, 0.3) is 0 Å². The van der Waals surface area contributed by atoms with Crippen molar-refractivity contribution in [2.75, 3.05) is 13.1 Å². The van der Waals surface area contributed by atoms with Crippen molar-refractivity contribution in [1.29, 1.82) is 0 Å². The van der Waals surface area contributed by atoms with Crippen molar-refractivity contribution in [1.82, 2.24) is 5.32 Å². The molecule has 0 saturated carbocycles. The first-order valence-corrected chi connectivity index (χ1v) is 8.07. The van der Waals surface area contributed by atoms with Gasteiger partial charge in [0.1, 0.15) is 5.75 Å². The molecule has 0 radical (unpaired) electrons. The van der Waals surface area contributed by atoms with Gasteiger partial charge in [-0.25, -0.2) is 0 Å². The number of carbonyl (C=O) groups excluding carboxylic acids is 1. The van der Waals surface area contributed by atoms with Crippen molar-refractivity contribution in [3.8, 4) is 5.75 Å². The van der Waals surface area contributed by atoms with Gasteiger partial charge in [0, 0.05) is 6.42 Å². The zero-order chi connectivity index (χ0) is 15.2. The van der Waals surface area contributed by atoms with Crippen LogP contribution < -0.4 is 10.1 Å². The van der Waals surface area contributed by atoms with Crippen LogP contribution in [0.2, 0.25) is 0 Å². The van der Waals surface area contributed by atoms with E-state index in [-0.39, 0.29) is 11.9 Å². The minimum Gasteiger partial charge on any atom is -0.490 e. The Labute approximate surface area is 128 Å². The quantitative estimate of drug-likeness (QED) is 0.812. The van der Waals surface area contributed by atoms with Gasteiger partial charge in [-0.05, 0) is 63.7 Å². The van der Waals surface area contributed by atoms with Crippen molar-refractivity contribution in [3.05, 3.63) is 29.8 Å². The zero-order valence-electron chi connectivity index (χ0n) is 13.4. The molecule has 0 amide bonds. The number of ketones is 1. The SMILES string of the molecule is CC(C)Oc1ccccc1C(=O)CC(C)C1CCCNC1. The maximum Gasteiger partial charge on any atom is 0.166 e. The lowest BCUT2D eigenvalue weighted by molar-refractivity contribution is 0.0937. The van der Waals surface area contributed by atoms with Gasteiger partial charge in [-0.2, -0.15) is 0 Å². The van der Waals surface area contributed by atoms with E-state index in [1.54, 1.807) is 0 Å². The van der Waals surface area contributed by atoms with E-state index < -0.39 is 0 Å². The average Bonchev–Trinajstić information content (AvgIpc) is 2.48. The van der Waals surface area contributed by atoms with Gasteiger partial charge in [-0.1, -0.05) is 19.1 Å². The van der Waals surface area contributed by atoms with Gasteiger partial charge in [-0.3, -0.25) is 4.79 Å². The predicted octanol–water partition coefficient (Wildman–Crippen LogP) is 3.68. The third-order valence-electron chi connectivity index (χ3n) is 4.20. The molecule has 1 aliphatic rings. The first-order valence-electron chi connectivity index (χ1n) is 8.07. The van der Waals surface area contributed by atoms with Gasteiger partial charge >= 0.3 is 0 Å². The van der Waals surface area contributed by atoms with Gasteiger partial charge in [0.2, 0.25) is 0 Å². The van der Waals surface area contributed by atoms with E-state index in [2.05, 4.69) is 12.2 Å². The van der Waals surface area contributed by atoms with Crippen LogP contribution in [0.25, 0.3) is 0 Å². The molecule has 3 heteroatoms. The zero-order valence-corrected chi connectivity index (χ0v) is 13.4. The van der Waals surface area contributed by atoms with Crippen LogP contribution in [-0.2, 0) is 0 Å². The molecule has 21 heavy (non-hydrogen) atoms. The Morgan fingerprint density at radius 3 is 2.76 bits per heavy atom. The summed E-state index contributed by atoms with van der Waals surface area (Å²) in [4.78, 5) is 12.6. The maximum absolute atomic E-state index is 12.6. The van der Waals surface area contributed by atoms with Crippen molar-refractivity contribution in [2.24, 2.45) is 11.8 Å². The molecule has 3 nitrogen and oxygen atoms in total. The number of Topliss-reactive ketones (excluding diaryl/α,β-unsaturated/α-hetero) is 1. The lowest BCUT2D eigenvalue weighted by Crippen LogP contribution is -2.34. The van der Waals surface area contributed by atoms with Crippen LogP contribution in [-0.4, -0.2) is 25.0 Å². The number of hydrogen-bond acceptors (Lipinski definition) is 3. The molecule has 1 aromatic carbocycles. The summed E-state index contributed by atoms with van der Waals surface area (Å²) in [6.45, 7) is 8.32. The lowest BCUT2D eigenvalue weighted by Gasteiger charge is -2.28. The predicted molar refractivity (Wildman–Crippen MR) is 85.9 cm³/mol. The van der Waals surface area contributed by atoms with Crippen LogP contribution in [0, 0.1) is 11.8 Å². The van der Waals surface area contributed by atoms with Crippen LogP contribution in [0.15, 0.2) is 24.3 Å². The molecule has 0 aromatic heterocycles. The number of piperidine rings is 1. The molecule has 1 heterocycles. The Morgan fingerprint density at radius 2 is 2.10 bits per heavy atom. The normalized spacial score (nSPS) is 20.3. The van der Waals surface area contributed by atoms with E-state index in [1.807, 2.05) is 38.1 Å². The molecule has 1 saturated heterocycles. The van der Waals surface area contributed by atoms with Crippen molar-refractivity contribution >= 4 is 5.78 Å². The summed E-state index contributed by atoms with van der Waals surface area (Å²) < 4.78 is 5.76. The second kappa shape index (κ2) is 7.60. The third kappa shape index (κ3) is 4.57. The highest BCUT2D eigenvalue weighted by molar-refractivity contribution is 5.98. The molecule has 2 unspecified atom stereocenters. The van der Waals surface area contributed by atoms with Crippen molar-refractivity contribution in [3.63, 3.8) is 0 Å². The highest BCUT2D eigenvalue weighted by atomic mass is 16.5. The second-order valence-electron chi connectivity index (χ2n) is 6.37. The van der Waals surface area contributed by atoms with E-state index in [0.717, 1.165) is 18.7 Å². The number of rotatable bonds is 6. The summed E-state index contributed by atoms with van der Waals surface area (Å²) in [6, 6.07) is 7.60. The summed E-state index contributed by atoms with van der Waals surface area (Å²) in [5.41, 5.74) is 0.724. The van der Waals surface area contributed by atoms with Gasteiger partial charge < -0.3 is 10.1 Å². The molecular formula is C18H27NO2. The largest absolute Gasteiger partial charge is 0.490 e. The first kappa shape index (κ1) is 16.0. The summed E-state index contributed by atoms with van der Waals surface area (Å²) in [5.74, 6) is 1.94. The highest BCUT2D eigenvalue weighted by Crippen LogP contribution is 2.27. The summed E-state index contributed by atoms with van der Waals surface area (Å²) in [5, 5.41) is 3.43. The van der Waals surface area contributed by atoms with E-state index in [1.165, 1.54) is 12.8 Å². The lowest BCUT2D eigenvalue weighted by atomic mass is 9.83. The van der Waals surface area contributed by atoms with Crippen LogP contribution in [0.4, 0.5) is 0 Å². The average molecular weight is 289 g/mol. The minimum atomic E-state index is 0.0823. The first-order chi connectivity index (χ1) is 10.1. The molecule has 0 bridgehead atoms. The number of benzene rings is 1. The molecular weight excluding hydrogens is 262 g/mol. The fourth-order valence-corrected chi connectivity index (χ4v) is 2.99. The monoisotopic (exact) mass is 289 g/mol. The van der Waals surface area contributed by atoms with Gasteiger partial charge in [-0.15, -0.1) is 0 Å². The van der Waals surface area contributed by atoms with E-state index >= 15 is 0 Å². The van der Waals surface area contributed by atoms with Crippen LogP contribution >= 0.6 is 0 Å². The Morgan fingerprint density at radius 1 is 1.33 bits per heavy atom. The molecule has 0 spiro atoms. The second-order valence-corrected chi connectivity index (χ2v) is 6.37. The third-order valence-corrected chi connectivity index (χ3v) is 4.20. The highest BCUT2D eigenvalue weighted by Gasteiger charge is 2.23. The fraction of sp³-hybridized carbons (Fsp3) is 0.611. The summed E-state index contributed by atoms with van der Waals surface area (Å²) >= 11 is 0. The smallest absolute Gasteiger partial charge is 0.166 e. The fourth-order valence-electron chi connectivity index (χ4n) is 2.99. The maximum atomic E-state index is 12.6. The van der Waals surface area contributed by atoms with Crippen LogP contribution in [0.3, 0.4) is 0 Å². The van der Waals surface area contributed by atoms with Crippen LogP contribution in [0.1, 0.15) is 50.4 Å². The molecule has 1 aromatic rings. The number of ether oxygens (including phenoxy) is 1. The Hall–Kier alpha value is -1.35. The molecule has 1 aliphatic heterocycles. The topological polar surface area (TPSA) is 38.3 Å². The Balaban J connectivity index is 2.02. The summed E-state index contributed by atoms with van der Waals surface area (Å²) in [7, 11) is 0. The van der Waals surface area contributed by atoms with E-state index in [9.17, 15) is 4.79 Å². The van der Waals surface area contributed by atoms with Crippen molar-refractivity contribution < 1.29 is 9.53 Å². The van der Waals surface area contributed by atoms with Gasteiger partial charge in [0.15, 0.2) is 5.78 Å². The molecule has 2 rings (SSSR count). The summed E-state index contributed by atoms with van der Waals surface area (Å²) in [6.07, 6.45) is 3.13. The number of carbonyl (C=O) groups is 1. The Kier molecular flexibility index (Phi) is 5.80. The number of hydrogen-bond donors (Lipinski definition) is 1. The number of nitrogens with one attached hydrogen (secondary N) is 1. The van der Waals surface area contributed by atoms with Crippen molar-refractivity contribution in [2.45, 2.75) is 46.1 Å². The molecule has 1 fully saturated rings. The number of para-hydroxylation sites is 1. The van der Waals surface area contributed by atoms with E-state index in [0.29, 0.717) is 24.0 Å². The van der Waals surface area contributed by atoms with Crippen LogP contribution in [0.5, 0.6) is 5.75 Å². The standard InChI is InChI=1S/C18H27NO2/c1-13(2)21-18-9-5-4-8-16(18)17(20)11-14(3)15-7-6-10-19-12-15/h4-5,8-9,13-15,19H,6-7,10-12H2,1-3H3. The van der Waals surface area contributed by atoms with E-state index in [4.69, 9.17) is 4.74 Å². The Bertz CT molecular complexity index is 464. The molecule has 0 aliphatic carbocycles. The molecule has 1 N–H and O–H groups in total. The molecule has 2 atom stereocenters. The van der Waals surface area contributed by atoms with Gasteiger partial charge in [0.05, 0.1) is 11.7 Å². The molecule has 116 valence electrons. The minimum absolute atomic E-state index is 0.0823.